The molecule has 2 heterocycles. The molecule has 2 unspecified atom stereocenters. The van der Waals surface area contributed by atoms with Gasteiger partial charge in [-0.15, -0.1) is 0 Å². The maximum atomic E-state index is 12.1. The van der Waals surface area contributed by atoms with Gasteiger partial charge < -0.3 is 9.88 Å². The number of nitrogens with zero attached hydrogens (tertiary/aromatic N) is 2. The molecule has 28 heavy (non-hydrogen) atoms. The molecule has 1 aliphatic heterocycles. The molecule has 0 amide bonds. The number of nitriles is 1. The van der Waals surface area contributed by atoms with Crippen molar-refractivity contribution in [2.75, 3.05) is 12.4 Å². The van der Waals surface area contributed by atoms with Crippen LogP contribution in [-0.2, 0) is 6.54 Å². The normalized spacial score (nSPS) is 20.8. The predicted octanol–water partition coefficient (Wildman–Crippen LogP) is 5.12. The van der Waals surface area contributed by atoms with Gasteiger partial charge in [-0.2, -0.15) is 5.26 Å². The molecule has 0 saturated heterocycles. The van der Waals surface area contributed by atoms with E-state index in [1.807, 2.05) is 25.2 Å². The van der Waals surface area contributed by atoms with Crippen LogP contribution in [0.25, 0.3) is 5.57 Å². The first-order valence-electron chi connectivity index (χ1n) is 9.96. The Bertz CT molecular complexity index is 1020. The van der Waals surface area contributed by atoms with Crippen LogP contribution in [0.1, 0.15) is 65.0 Å². The highest BCUT2D eigenvalue weighted by atomic mass is 16.1. The molecule has 1 aromatic heterocycles. The summed E-state index contributed by atoms with van der Waals surface area (Å²) in [6.07, 6.45) is 10.7. The van der Waals surface area contributed by atoms with E-state index in [0.717, 1.165) is 65.9 Å². The van der Waals surface area contributed by atoms with E-state index in [-0.39, 0.29) is 5.92 Å². The van der Waals surface area contributed by atoms with Crippen molar-refractivity contribution in [2.24, 2.45) is 5.92 Å². The molecule has 1 N–H and O–H groups in total. The standard InChI is InChI=1S/C24H25N3O/c1-16-8-10-18(11-9-16)23-21(15-28)22(26-2)24-20(7-4-12-27(23)24)19-6-3-5-17(13-19)14-25/h3,5-6,8,10-11,13,15-16,20,26H,4,7,9,12H2,1-2H3. The van der Waals surface area contributed by atoms with Crippen molar-refractivity contribution in [2.45, 2.75) is 38.6 Å². The fourth-order valence-electron chi connectivity index (χ4n) is 4.58. The topological polar surface area (TPSA) is 57.8 Å². The van der Waals surface area contributed by atoms with Gasteiger partial charge in [0, 0.05) is 25.2 Å². The number of allylic oxidation sites excluding steroid dienone is 4. The van der Waals surface area contributed by atoms with E-state index in [0.29, 0.717) is 11.5 Å². The van der Waals surface area contributed by atoms with Crippen LogP contribution in [-0.4, -0.2) is 17.9 Å². The van der Waals surface area contributed by atoms with Gasteiger partial charge in [0.05, 0.1) is 28.6 Å². The Morgan fingerprint density at radius 3 is 2.89 bits per heavy atom. The second-order valence-corrected chi connectivity index (χ2v) is 7.71. The number of hydrogen-bond acceptors (Lipinski definition) is 3. The van der Waals surface area contributed by atoms with Gasteiger partial charge in [-0.25, -0.2) is 0 Å². The molecule has 1 aromatic carbocycles. The summed E-state index contributed by atoms with van der Waals surface area (Å²) in [5.41, 5.74) is 6.80. The minimum Gasteiger partial charge on any atom is -0.386 e. The van der Waals surface area contributed by atoms with Crippen LogP contribution < -0.4 is 5.32 Å². The quantitative estimate of drug-likeness (QED) is 0.759. The molecule has 1 aliphatic carbocycles. The van der Waals surface area contributed by atoms with Gasteiger partial charge in [-0.05, 0) is 48.4 Å². The Morgan fingerprint density at radius 1 is 1.36 bits per heavy atom. The first-order chi connectivity index (χ1) is 13.7. The van der Waals surface area contributed by atoms with Gasteiger partial charge in [0.2, 0.25) is 0 Å². The van der Waals surface area contributed by atoms with Crippen LogP contribution in [0.4, 0.5) is 5.69 Å². The zero-order valence-electron chi connectivity index (χ0n) is 16.4. The number of anilines is 1. The van der Waals surface area contributed by atoms with Crippen molar-refractivity contribution in [3.05, 3.63) is 70.6 Å². The number of rotatable bonds is 4. The van der Waals surface area contributed by atoms with Crippen molar-refractivity contribution in [1.29, 1.82) is 5.26 Å². The van der Waals surface area contributed by atoms with E-state index in [2.05, 4.69) is 47.2 Å². The van der Waals surface area contributed by atoms with Crippen LogP contribution in [0.3, 0.4) is 0 Å². The zero-order valence-corrected chi connectivity index (χ0v) is 16.4. The Kier molecular flexibility index (Phi) is 4.92. The smallest absolute Gasteiger partial charge is 0.154 e. The van der Waals surface area contributed by atoms with Crippen molar-refractivity contribution in [3.63, 3.8) is 0 Å². The van der Waals surface area contributed by atoms with Crippen molar-refractivity contribution < 1.29 is 4.79 Å². The fraction of sp³-hybridized carbons (Fsp3) is 0.333. The molecule has 0 fully saturated rings. The highest BCUT2D eigenvalue weighted by molar-refractivity contribution is 5.95. The second kappa shape index (κ2) is 7.52. The van der Waals surface area contributed by atoms with Crippen molar-refractivity contribution in [3.8, 4) is 6.07 Å². The van der Waals surface area contributed by atoms with Gasteiger partial charge in [-0.3, -0.25) is 4.79 Å². The lowest BCUT2D eigenvalue weighted by Gasteiger charge is -2.28. The largest absolute Gasteiger partial charge is 0.386 e. The summed E-state index contributed by atoms with van der Waals surface area (Å²) in [6.45, 7) is 3.11. The minimum absolute atomic E-state index is 0.170. The molecule has 0 saturated carbocycles. The summed E-state index contributed by atoms with van der Waals surface area (Å²) in [6, 6.07) is 10.1. The van der Waals surface area contributed by atoms with E-state index in [1.54, 1.807) is 0 Å². The van der Waals surface area contributed by atoms with E-state index >= 15 is 0 Å². The lowest BCUT2D eigenvalue weighted by molar-refractivity contribution is 0.112. The van der Waals surface area contributed by atoms with Crippen molar-refractivity contribution in [1.82, 2.24) is 4.57 Å². The number of aldehydes is 1. The second-order valence-electron chi connectivity index (χ2n) is 7.71. The van der Waals surface area contributed by atoms with Gasteiger partial charge in [0.1, 0.15) is 0 Å². The molecule has 0 bridgehead atoms. The highest BCUT2D eigenvalue weighted by Crippen LogP contribution is 2.44. The summed E-state index contributed by atoms with van der Waals surface area (Å²) >= 11 is 0. The number of hydrogen-bond donors (Lipinski definition) is 1. The number of aromatic nitrogens is 1. The molecule has 142 valence electrons. The van der Waals surface area contributed by atoms with E-state index in [9.17, 15) is 10.1 Å². The fourth-order valence-corrected chi connectivity index (χ4v) is 4.58. The minimum atomic E-state index is 0.170. The first-order valence-corrected chi connectivity index (χ1v) is 9.96. The third kappa shape index (κ3) is 2.97. The van der Waals surface area contributed by atoms with Crippen LogP contribution in [0, 0.1) is 17.2 Å². The monoisotopic (exact) mass is 371 g/mol. The molecule has 4 heteroatoms. The third-order valence-corrected chi connectivity index (χ3v) is 5.92. The number of fused-ring (bicyclic) bond motifs is 1. The zero-order chi connectivity index (χ0) is 19.7. The molecular weight excluding hydrogens is 346 g/mol. The maximum absolute atomic E-state index is 12.1. The highest BCUT2D eigenvalue weighted by Gasteiger charge is 2.32. The number of benzene rings is 1. The molecular formula is C24H25N3O. The van der Waals surface area contributed by atoms with Gasteiger partial charge in [-0.1, -0.05) is 37.3 Å². The van der Waals surface area contributed by atoms with Gasteiger partial charge in [0.25, 0.3) is 0 Å². The summed E-state index contributed by atoms with van der Waals surface area (Å²) < 4.78 is 2.33. The van der Waals surface area contributed by atoms with Gasteiger partial charge in [0.15, 0.2) is 6.29 Å². The lowest BCUT2D eigenvalue weighted by atomic mass is 9.87. The first kappa shape index (κ1) is 18.3. The van der Waals surface area contributed by atoms with Crippen LogP contribution in [0.15, 0.2) is 42.5 Å². The SMILES string of the molecule is CNc1c(C=O)c(C2=CCC(C)C=C2)n2c1C(c1cccc(C#N)c1)CCC2. The number of carbonyl (C=O) groups excluding carboxylic acids is 1. The van der Waals surface area contributed by atoms with E-state index in [1.165, 1.54) is 0 Å². The predicted molar refractivity (Wildman–Crippen MR) is 112 cm³/mol. The summed E-state index contributed by atoms with van der Waals surface area (Å²) in [5.74, 6) is 0.702. The van der Waals surface area contributed by atoms with Gasteiger partial charge >= 0.3 is 0 Å². The molecule has 4 rings (SSSR count). The summed E-state index contributed by atoms with van der Waals surface area (Å²) in [7, 11) is 1.89. The van der Waals surface area contributed by atoms with Crippen molar-refractivity contribution >= 4 is 17.5 Å². The Balaban J connectivity index is 1.91. The average molecular weight is 371 g/mol. The third-order valence-electron chi connectivity index (χ3n) is 5.92. The average Bonchev–Trinajstić information content (AvgIpc) is 3.07. The Morgan fingerprint density at radius 2 is 2.21 bits per heavy atom. The van der Waals surface area contributed by atoms with Crippen LogP contribution in [0.5, 0.6) is 0 Å². The number of nitrogens with one attached hydrogen (secondary N) is 1. The molecule has 0 spiro atoms. The summed E-state index contributed by atoms with van der Waals surface area (Å²) in [5, 5.41) is 12.6. The van der Waals surface area contributed by atoms with E-state index < -0.39 is 0 Å². The number of carbonyl (C=O) groups is 1. The molecule has 2 aromatic rings. The molecule has 2 atom stereocenters. The molecule has 4 nitrogen and oxygen atoms in total. The molecule has 2 aliphatic rings. The summed E-state index contributed by atoms with van der Waals surface area (Å²) in [4.78, 5) is 12.1. The van der Waals surface area contributed by atoms with E-state index in [4.69, 9.17) is 0 Å². The maximum Gasteiger partial charge on any atom is 0.154 e. The lowest BCUT2D eigenvalue weighted by Crippen LogP contribution is -2.19. The molecule has 0 radical (unpaired) electrons. The Hall–Kier alpha value is -3.06. The van der Waals surface area contributed by atoms with Crippen LogP contribution in [0.2, 0.25) is 0 Å². The van der Waals surface area contributed by atoms with Crippen LogP contribution >= 0.6 is 0 Å². The Labute approximate surface area is 166 Å².